The van der Waals surface area contributed by atoms with E-state index in [1.807, 2.05) is 13.0 Å². The third kappa shape index (κ3) is 4.87. The molecule has 0 aliphatic rings. The van der Waals surface area contributed by atoms with Gasteiger partial charge in [0.05, 0.1) is 0 Å². The van der Waals surface area contributed by atoms with Crippen LogP contribution in [0.25, 0.3) is 0 Å². The van der Waals surface area contributed by atoms with Crippen molar-refractivity contribution in [3.63, 3.8) is 0 Å². The number of amides is 1. The molecule has 1 atom stereocenters. The summed E-state index contributed by atoms with van der Waals surface area (Å²) in [6.07, 6.45) is -0.479. The highest BCUT2D eigenvalue weighted by Gasteiger charge is 2.17. The Morgan fingerprint density at radius 3 is 2.40 bits per heavy atom. The highest BCUT2D eigenvalue weighted by atomic mass is 16.5. The Bertz CT molecular complexity index is 452. The van der Waals surface area contributed by atoms with Crippen molar-refractivity contribution in [2.24, 2.45) is 5.92 Å². The molecule has 0 bridgehead atoms. The predicted molar refractivity (Wildman–Crippen MR) is 83.2 cm³/mol. The van der Waals surface area contributed by atoms with Gasteiger partial charge in [-0.05, 0) is 42.9 Å². The number of nitrogens with one attached hydrogen (secondary N) is 1. The molecule has 3 nitrogen and oxygen atoms in total. The van der Waals surface area contributed by atoms with Gasteiger partial charge in [0.15, 0.2) is 6.10 Å². The molecule has 112 valence electrons. The molecule has 0 saturated heterocycles. The number of benzene rings is 1. The first-order valence-electron chi connectivity index (χ1n) is 7.36. The summed E-state index contributed by atoms with van der Waals surface area (Å²) in [4.78, 5) is 12.0. The second kappa shape index (κ2) is 7.32. The number of carbonyl (C=O) groups is 1. The largest absolute Gasteiger partial charge is 0.481 e. The van der Waals surface area contributed by atoms with Crippen LogP contribution in [0.2, 0.25) is 0 Å². The lowest BCUT2D eigenvalue weighted by Crippen LogP contribution is -2.38. The molecule has 0 fully saturated rings. The van der Waals surface area contributed by atoms with Gasteiger partial charge in [-0.1, -0.05) is 39.8 Å². The van der Waals surface area contributed by atoms with Crippen molar-refractivity contribution < 1.29 is 9.53 Å². The van der Waals surface area contributed by atoms with Crippen molar-refractivity contribution in [2.45, 2.75) is 53.6 Å². The van der Waals surface area contributed by atoms with Crippen LogP contribution in [0.5, 0.6) is 5.75 Å². The van der Waals surface area contributed by atoms with Crippen molar-refractivity contribution in [3.8, 4) is 5.75 Å². The van der Waals surface area contributed by atoms with Gasteiger partial charge in [0.1, 0.15) is 5.75 Å². The highest BCUT2D eigenvalue weighted by Crippen LogP contribution is 2.28. The Morgan fingerprint density at radius 2 is 1.85 bits per heavy atom. The molecule has 3 heteroatoms. The Kier molecular flexibility index (Phi) is 6.05. The molecule has 0 aromatic heterocycles. The lowest BCUT2D eigenvalue weighted by Gasteiger charge is -2.19. The van der Waals surface area contributed by atoms with E-state index in [1.165, 1.54) is 0 Å². The van der Waals surface area contributed by atoms with Gasteiger partial charge in [0.2, 0.25) is 0 Å². The minimum Gasteiger partial charge on any atom is -0.481 e. The van der Waals surface area contributed by atoms with Crippen LogP contribution in [-0.4, -0.2) is 18.6 Å². The summed E-state index contributed by atoms with van der Waals surface area (Å²) in [6.45, 7) is 12.9. The van der Waals surface area contributed by atoms with Gasteiger partial charge in [-0.15, -0.1) is 0 Å². The Hall–Kier alpha value is -1.51. The molecule has 20 heavy (non-hydrogen) atoms. The van der Waals surface area contributed by atoms with Crippen molar-refractivity contribution >= 4 is 5.91 Å². The van der Waals surface area contributed by atoms with E-state index in [0.29, 0.717) is 18.4 Å². The van der Waals surface area contributed by atoms with Gasteiger partial charge >= 0.3 is 0 Å². The monoisotopic (exact) mass is 277 g/mol. The number of hydrogen-bond donors (Lipinski definition) is 1. The fourth-order valence-corrected chi connectivity index (χ4v) is 1.91. The minimum atomic E-state index is -0.479. The molecule has 1 N–H and O–H groups in total. The van der Waals surface area contributed by atoms with Crippen molar-refractivity contribution in [1.29, 1.82) is 0 Å². The SMILES string of the molecule is Cc1ccc(C(C)C)c(O[C@@H](C)C(=O)NCC(C)C)c1. The smallest absolute Gasteiger partial charge is 0.260 e. The summed E-state index contributed by atoms with van der Waals surface area (Å²) in [5.41, 5.74) is 2.28. The summed E-state index contributed by atoms with van der Waals surface area (Å²) >= 11 is 0. The fraction of sp³-hybridized carbons (Fsp3) is 0.588. The van der Waals surface area contributed by atoms with Crippen LogP contribution in [0.4, 0.5) is 0 Å². The maximum absolute atomic E-state index is 12.0. The van der Waals surface area contributed by atoms with Gasteiger partial charge in [-0.3, -0.25) is 4.79 Å². The minimum absolute atomic E-state index is 0.0603. The summed E-state index contributed by atoms with van der Waals surface area (Å²) in [5, 5.41) is 2.90. The average Bonchev–Trinajstić information content (AvgIpc) is 2.35. The topological polar surface area (TPSA) is 38.3 Å². The van der Waals surface area contributed by atoms with Gasteiger partial charge in [0, 0.05) is 6.54 Å². The maximum atomic E-state index is 12.0. The zero-order valence-corrected chi connectivity index (χ0v) is 13.5. The third-order valence-corrected chi connectivity index (χ3v) is 3.15. The van der Waals surface area contributed by atoms with Gasteiger partial charge in [-0.25, -0.2) is 0 Å². The second-order valence-electron chi connectivity index (χ2n) is 6.10. The highest BCUT2D eigenvalue weighted by molar-refractivity contribution is 5.80. The number of hydrogen-bond acceptors (Lipinski definition) is 2. The molecule has 0 unspecified atom stereocenters. The molecule has 1 aromatic rings. The molecule has 0 saturated carbocycles. The Balaban J connectivity index is 2.76. The first-order valence-corrected chi connectivity index (χ1v) is 7.36. The number of carbonyl (C=O) groups excluding carboxylic acids is 1. The standard InChI is InChI=1S/C17H27NO2/c1-11(2)10-18-17(19)14(6)20-16-9-13(5)7-8-15(16)12(3)4/h7-9,11-12,14H,10H2,1-6H3,(H,18,19)/t14-/m0/s1. The van der Waals surface area contributed by atoms with Crippen LogP contribution >= 0.6 is 0 Å². The van der Waals surface area contributed by atoms with Crippen LogP contribution in [0.15, 0.2) is 18.2 Å². The van der Waals surface area contributed by atoms with Crippen LogP contribution in [0.3, 0.4) is 0 Å². The van der Waals surface area contributed by atoms with Gasteiger partial charge in [0.25, 0.3) is 5.91 Å². The van der Waals surface area contributed by atoms with E-state index >= 15 is 0 Å². The molecule has 1 amide bonds. The summed E-state index contributed by atoms with van der Waals surface area (Å²) in [6, 6.07) is 6.15. The first kappa shape index (κ1) is 16.5. The quantitative estimate of drug-likeness (QED) is 0.861. The molecule has 0 aliphatic heterocycles. The lowest BCUT2D eigenvalue weighted by atomic mass is 10.0. The fourth-order valence-electron chi connectivity index (χ4n) is 1.91. The van der Waals surface area contributed by atoms with Crippen molar-refractivity contribution in [3.05, 3.63) is 29.3 Å². The Morgan fingerprint density at radius 1 is 1.20 bits per heavy atom. The average molecular weight is 277 g/mol. The molecule has 0 spiro atoms. The van der Waals surface area contributed by atoms with E-state index in [-0.39, 0.29) is 5.91 Å². The first-order chi connectivity index (χ1) is 9.31. The van der Waals surface area contributed by atoms with E-state index in [1.54, 1.807) is 6.92 Å². The Labute approximate surface area is 122 Å². The number of rotatable bonds is 6. The van der Waals surface area contributed by atoms with Gasteiger partial charge in [-0.2, -0.15) is 0 Å². The van der Waals surface area contributed by atoms with Crippen LogP contribution in [-0.2, 0) is 4.79 Å². The van der Waals surface area contributed by atoms with E-state index in [0.717, 1.165) is 16.9 Å². The summed E-state index contributed by atoms with van der Waals surface area (Å²) in [7, 11) is 0. The zero-order valence-electron chi connectivity index (χ0n) is 13.5. The van der Waals surface area contributed by atoms with E-state index in [4.69, 9.17) is 4.74 Å². The van der Waals surface area contributed by atoms with E-state index in [9.17, 15) is 4.79 Å². The molecular weight excluding hydrogens is 250 g/mol. The maximum Gasteiger partial charge on any atom is 0.260 e. The normalized spacial score (nSPS) is 12.6. The van der Waals surface area contributed by atoms with Gasteiger partial charge < -0.3 is 10.1 Å². The zero-order chi connectivity index (χ0) is 15.3. The van der Waals surface area contributed by atoms with Crippen molar-refractivity contribution in [1.82, 2.24) is 5.32 Å². The molecule has 1 rings (SSSR count). The molecular formula is C17H27NO2. The lowest BCUT2D eigenvalue weighted by molar-refractivity contribution is -0.127. The molecule has 0 radical (unpaired) electrons. The van der Waals surface area contributed by atoms with E-state index in [2.05, 4.69) is 45.1 Å². The molecule has 0 heterocycles. The van der Waals surface area contributed by atoms with Crippen LogP contribution < -0.4 is 10.1 Å². The number of aryl methyl sites for hydroxylation is 1. The van der Waals surface area contributed by atoms with Crippen LogP contribution in [0.1, 0.15) is 51.7 Å². The van der Waals surface area contributed by atoms with Crippen molar-refractivity contribution in [2.75, 3.05) is 6.54 Å². The van der Waals surface area contributed by atoms with E-state index < -0.39 is 6.10 Å². The molecule has 0 aliphatic carbocycles. The molecule has 1 aromatic carbocycles. The summed E-state index contributed by atoms with van der Waals surface area (Å²) < 4.78 is 5.87. The predicted octanol–water partition coefficient (Wildman–Crippen LogP) is 3.66. The second-order valence-corrected chi connectivity index (χ2v) is 6.10. The van der Waals surface area contributed by atoms with Crippen LogP contribution in [0, 0.1) is 12.8 Å². The third-order valence-electron chi connectivity index (χ3n) is 3.15. The number of ether oxygens (including phenoxy) is 1. The summed E-state index contributed by atoms with van der Waals surface area (Å²) in [5.74, 6) is 1.56.